The maximum Gasteiger partial charge on any atom is 0.152 e. The summed E-state index contributed by atoms with van der Waals surface area (Å²) in [5.74, 6) is 0.650. The summed E-state index contributed by atoms with van der Waals surface area (Å²) in [7, 11) is 0. The lowest BCUT2D eigenvalue weighted by molar-refractivity contribution is 0.112. The quantitative estimate of drug-likeness (QED) is 0.756. The van der Waals surface area contributed by atoms with Gasteiger partial charge in [-0.2, -0.15) is 11.8 Å². The van der Waals surface area contributed by atoms with Crippen LogP contribution in [0, 0.1) is 5.82 Å². The summed E-state index contributed by atoms with van der Waals surface area (Å²) in [6, 6.07) is 4.66. The Labute approximate surface area is 105 Å². The molecule has 2 rings (SSSR count). The lowest BCUT2D eigenvalue weighted by Gasteiger charge is -2.39. The zero-order valence-electron chi connectivity index (χ0n) is 10.1. The highest BCUT2D eigenvalue weighted by molar-refractivity contribution is 8.00. The highest BCUT2D eigenvalue weighted by atomic mass is 32.2. The number of para-hydroxylation sites is 1. The minimum atomic E-state index is -0.308. The van der Waals surface area contributed by atoms with Crippen LogP contribution in [0.2, 0.25) is 0 Å². The molecule has 1 aliphatic heterocycles. The molecule has 1 aromatic rings. The monoisotopic (exact) mass is 253 g/mol. The first-order valence-corrected chi connectivity index (χ1v) is 6.65. The molecule has 0 spiro atoms. The molecule has 1 aliphatic rings. The molecule has 0 bridgehead atoms. The molecule has 17 heavy (non-hydrogen) atoms. The van der Waals surface area contributed by atoms with E-state index in [1.165, 1.54) is 6.07 Å². The van der Waals surface area contributed by atoms with Gasteiger partial charge in [-0.15, -0.1) is 0 Å². The standard InChI is InChI=1S/C13H16FNOS/c1-13(2)9-15(6-7-17-13)12-10(8-16)4-3-5-11(12)14/h3-5,8H,6-7,9H2,1-2H3. The number of thioether (sulfide) groups is 1. The average Bonchev–Trinajstić information content (AvgIpc) is 2.27. The maximum absolute atomic E-state index is 13.9. The Hall–Kier alpha value is -1.03. The van der Waals surface area contributed by atoms with Gasteiger partial charge in [-0.3, -0.25) is 4.79 Å². The Balaban J connectivity index is 2.36. The third-order valence-corrected chi connectivity index (χ3v) is 4.18. The number of halogens is 1. The first kappa shape index (κ1) is 12.4. The number of hydrogen-bond acceptors (Lipinski definition) is 3. The van der Waals surface area contributed by atoms with E-state index in [0.29, 0.717) is 11.3 Å². The zero-order valence-corrected chi connectivity index (χ0v) is 10.9. The van der Waals surface area contributed by atoms with Crippen LogP contribution < -0.4 is 4.90 Å². The zero-order chi connectivity index (χ0) is 12.5. The van der Waals surface area contributed by atoms with E-state index >= 15 is 0 Å². The predicted molar refractivity (Wildman–Crippen MR) is 70.5 cm³/mol. The Kier molecular flexibility index (Phi) is 3.43. The van der Waals surface area contributed by atoms with Crippen LogP contribution in [-0.4, -0.2) is 29.9 Å². The third kappa shape index (κ3) is 2.63. The predicted octanol–water partition coefficient (Wildman–Crippen LogP) is 2.97. The van der Waals surface area contributed by atoms with Crippen molar-refractivity contribution in [2.45, 2.75) is 18.6 Å². The fourth-order valence-corrected chi connectivity index (χ4v) is 3.28. The minimum absolute atomic E-state index is 0.0979. The molecule has 0 unspecified atom stereocenters. The molecule has 1 fully saturated rings. The summed E-state index contributed by atoms with van der Waals surface area (Å²) in [5.41, 5.74) is 0.892. The third-order valence-electron chi connectivity index (χ3n) is 2.89. The summed E-state index contributed by atoms with van der Waals surface area (Å²) >= 11 is 1.89. The number of hydrogen-bond donors (Lipinski definition) is 0. The van der Waals surface area contributed by atoms with Crippen molar-refractivity contribution in [1.29, 1.82) is 0 Å². The van der Waals surface area contributed by atoms with Crippen LogP contribution in [-0.2, 0) is 0 Å². The molecule has 0 aromatic heterocycles. The molecule has 0 aliphatic carbocycles. The summed E-state index contributed by atoms with van der Waals surface area (Å²) in [4.78, 5) is 13.0. The highest BCUT2D eigenvalue weighted by Gasteiger charge is 2.29. The van der Waals surface area contributed by atoms with E-state index in [2.05, 4.69) is 13.8 Å². The van der Waals surface area contributed by atoms with E-state index < -0.39 is 0 Å². The Morgan fingerprint density at radius 1 is 1.47 bits per heavy atom. The molecule has 0 N–H and O–H groups in total. The van der Waals surface area contributed by atoms with Gasteiger partial charge in [0.15, 0.2) is 6.29 Å². The van der Waals surface area contributed by atoms with Gasteiger partial charge in [-0.25, -0.2) is 4.39 Å². The van der Waals surface area contributed by atoms with Crippen LogP contribution in [0.5, 0.6) is 0 Å². The fraction of sp³-hybridized carbons (Fsp3) is 0.462. The number of benzene rings is 1. The normalized spacial score (nSPS) is 19.1. The van der Waals surface area contributed by atoms with Gasteiger partial charge in [0.1, 0.15) is 5.82 Å². The molecule has 0 atom stereocenters. The van der Waals surface area contributed by atoms with Crippen molar-refractivity contribution >= 4 is 23.7 Å². The van der Waals surface area contributed by atoms with Crippen LogP contribution in [0.15, 0.2) is 18.2 Å². The van der Waals surface area contributed by atoms with Crippen LogP contribution in [0.25, 0.3) is 0 Å². The number of aldehydes is 1. The smallest absolute Gasteiger partial charge is 0.152 e. The molecule has 0 amide bonds. The SMILES string of the molecule is CC1(C)CN(c2c(F)cccc2C=O)CCS1. The van der Waals surface area contributed by atoms with Crippen molar-refractivity contribution in [3.05, 3.63) is 29.6 Å². The van der Waals surface area contributed by atoms with E-state index in [1.54, 1.807) is 12.1 Å². The van der Waals surface area contributed by atoms with E-state index in [-0.39, 0.29) is 10.6 Å². The first-order chi connectivity index (χ1) is 8.03. The summed E-state index contributed by atoms with van der Waals surface area (Å²) in [6.45, 7) is 5.84. The van der Waals surface area contributed by atoms with Gasteiger partial charge in [0, 0.05) is 29.2 Å². The second kappa shape index (κ2) is 4.69. The van der Waals surface area contributed by atoms with E-state index in [4.69, 9.17) is 0 Å². The lowest BCUT2D eigenvalue weighted by Crippen LogP contribution is -2.43. The van der Waals surface area contributed by atoms with Crippen molar-refractivity contribution in [1.82, 2.24) is 0 Å². The average molecular weight is 253 g/mol. The van der Waals surface area contributed by atoms with Crippen molar-refractivity contribution in [2.24, 2.45) is 0 Å². The van der Waals surface area contributed by atoms with Crippen molar-refractivity contribution in [3.8, 4) is 0 Å². The van der Waals surface area contributed by atoms with Gasteiger partial charge < -0.3 is 4.90 Å². The lowest BCUT2D eigenvalue weighted by atomic mass is 10.1. The number of anilines is 1. The summed E-state index contributed by atoms with van der Waals surface area (Å²) < 4.78 is 14.0. The molecule has 4 heteroatoms. The second-order valence-corrected chi connectivity index (χ2v) is 6.63. The summed E-state index contributed by atoms with van der Waals surface area (Å²) in [5, 5.41) is 0. The Bertz CT molecular complexity index is 433. The summed E-state index contributed by atoms with van der Waals surface area (Å²) in [6.07, 6.45) is 0.729. The van der Waals surface area contributed by atoms with Gasteiger partial charge in [-0.05, 0) is 26.0 Å². The van der Waals surface area contributed by atoms with Gasteiger partial charge >= 0.3 is 0 Å². The van der Waals surface area contributed by atoms with E-state index in [0.717, 1.165) is 25.1 Å². The number of carbonyl (C=O) groups excluding carboxylic acids is 1. The number of rotatable bonds is 2. The highest BCUT2D eigenvalue weighted by Crippen LogP contribution is 2.34. The van der Waals surface area contributed by atoms with Gasteiger partial charge in [0.25, 0.3) is 0 Å². The number of carbonyl (C=O) groups is 1. The molecular formula is C13H16FNOS. The molecule has 2 nitrogen and oxygen atoms in total. The second-order valence-electron chi connectivity index (χ2n) is 4.83. The van der Waals surface area contributed by atoms with Gasteiger partial charge in [0.2, 0.25) is 0 Å². The van der Waals surface area contributed by atoms with Gasteiger partial charge in [0.05, 0.1) is 5.69 Å². The van der Waals surface area contributed by atoms with E-state index in [1.807, 2.05) is 16.7 Å². The van der Waals surface area contributed by atoms with Crippen molar-refractivity contribution in [3.63, 3.8) is 0 Å². The molecule has 1 saturated heterocycles. The fourth-order valence-electron chi connectivity index (χ4n) is 2.17. The Morgan fingerprint density at radius 3 is 2.88 bits per heavy atom. The molecule has 1 heterocycles. The van der Waals surface area contributed by atoms with Crippen LogP contribution in [0.3, 0.4) is 0 Å². The molecule has 0 saturated carbocycles. The minimum Gasteiger partial charge on any atom is -0.366 e. The van der Waals surface area contributed by atoms with Crippen molar-refractivity contribution < 1.29 is 9.18 Å². The molecule has 0 radical (unpaired) electrons. The van der Waals surface area contributed by atoms with Crippen molar-refractivity contribution in [2.75, 3.05) is 23.7 Å². The maximum atomic E-state index is 13.9. The van der Waals surface area contributed by atoms with Gasteiger partial charge in [-0.1, -0.05) is 6.07 Å². The number of nitrogens with zero attached hydrogens (tertiary/aromatic N) is 1. The molecule has 92 valence electrons. The van der Waals surface area contributed by atoms with Crippen LogP contribution in [0.4, 0.5) is 10.1 Å². The van der Waals surface area contributed by atoms with E-state index in [9.17, 15) is 9.18 Å². The van der Waals surface area contributed by atoms with Crippen LogP contribution >= 0.6 is 11.8 Å². The molecular weight excluding hydrogens is 237 g/mol. The molecule has 1 aromatic carbocycles. The Morgan fingerprint density at radius 2 is 2.24 bits per heavy atom. The van der Waals surface area contributed by atoms with Crippen LogP contribution in [0.1, 0.15) is 24.2 Å². The topological polar surface area (TPSA) is 20.3 Å². The first-order valence-electron chi connectivity index (χ1n) is 5.66. The largest absolute Gasteiger partial charge is 0.366 e.